The van der Waals surface area contributed by atoms with Gasteiger partial charge in [0.15, 0.2) is 0 Å². The maximum atomic E-state index is 12.0. The molecule has 2 rings (SSSR count). The van der Waals surface area contributed by atoms with Crippen LogP contribution in [0.1, 0.15) is 37.4 Å². The Morgan fingerprint density at radius 3 is 2.82 bits per heavy atom. The van der Waals surface area contributed by atoms with E-state index in [0.29, 0.717) is 0 Å². The van der Waals surface area contributed by atoms with Crippen LogP contribution in [-0.4, -0.2) is 24.4 Å². The normalized spacial score (nSPS) is 18.0. The zero-order chi connectivity index (χ0) is 16.3. The number of hydrogen-bond donors (Lipinski definition) is 3. The van der Waals surface area contributed by atoms with Gasteiger partial charge in [0, 0.05) is 4.47 Å². The highest BCUT2D eigenvalue weighted by atomic mass is 79.9. The molecule has 120 valence electrons. The third-order valence-electron chi connectivity index (χ3n) is 3.99. The fourth-order valence-electron chi connectivity index (χ4n) is 2.59. The van der Waals surface area contributed by atoms with E-state index in [9.17, 15) is 9.59 Å². The smallest absolute Gasteiger partial charge is 0.239 e. The van der Waals surface area contributed by atoms with Crippen LogP contribution in [-0.2, 0) is 16.0 Å². The number of amides is 2. The van der Waals surface area contributed by atoms with E-state index in [1.54, 1.807) is 0 Å². The minimum Gasteiger partial charge on any atom is -0.348 e. The molecule has 1 aromatic rings. The molecule has 5 nitrogen and oxygen atoms in total. The zero-order valence-corrected chi connectivity index (χ0v) is 14.4. The summed E-state index contributed by atoms with van der Waals surface area (Å²) in [6.45, 7) is 3.70. The molecule has 0 fully saturated rings. The van der Waals surface area contributed by atoms with Crippen molar-refractivity contribution in [2.24, 2.45) is 11.7 Å². The molecule has 2 atom stereocenters. The molecule has 6 heteroatoms. The number of hydrogen-bond acceptors (Lipinski definition) is 3. The summed E-state index contributed by atoms with van der Waals surface area (Å²) >= 11 is 3.54. The van der Waals surface area contributed by atoms with Crippen molar-refractivity contribution in [3.05, 3.63) is 33.8 Å². The number of nitrogens with one attached hydrogen (secondary N) is 2. The first kappa shape index (κ1) is 17.0. The lowest BCUT2D eigenvalue weighted by Gasteiger charge is -2.17. The molecule has 0 radical (unpaired) electrons. The molecule has 1 aliphatic carbocycles. The quantitative estimate of drug-likeness (QED) is 0.739. The maximum Gasteiger partial charge on any atom is 0.239 e. The molecule has 0 aromatic heterocycles. The SMILES string of the molecule is CC(C)[C@H](N)C(=O)NCC(=O)NC1CCc2c(Br)cccc21. The van der Waals surface area contributed by atoms with Crippen LogP contribution in [0, 0.1) is 5.92 Å². The van der Waals surface area contributed by atoms with Gasteiger partial charge < -0.3 is 16.4 Å². The van der Waals surface area contributed by atoms with E-state index in [2.05, 4.69) is 26.6 Å². The minimum atomic E-state index is -0.587. The molecule has 1 aromatic carbocycles. The third kappa shape index (κ3) is 3.87. The highest BCUT2D eigenvalue weighted by Gasteiger charge is 2.25. The van der Waals surface area contributed by atoms with Gasteiger partial charge in [0.1, 0.15) is 0 Å². The molecule has 0 saturated carbocycles. The molecular formula is C16H22BrN3O2. The molecule has 0 spiro atoms. The summed E-state index contributed by atoms with van der Waals surface area (Å²) in [6, 6.07) is 5.44. The summed E-state index contributed by atoms with van der Waals surface area (Å²) < 4.78 is 1.08. The van der Waals surface area contributed by atoms with Crippen molar-refractivity contribution >= 4 is 27.7 Å². The molecule has 0 aliphatic heterocycles. The van der Waals surface area contributed by atoms with Crippen LogP contribution in [0.25, 0.3) is 0 Å². The van der Waals surface area contributed by atoms with Crippen LogP contribution >= 0.6 is 15.9 Å². The second-order valence-electron chi connectivity index (χ2n) is 5.95. The van der Waals surface area contributed by atoms with Gasteiger partial charge in [-0.05, 0) is 36.0 Å². The van der Waals surface area contributed by atoms with Crippen LogP contribution in [0.2, 0.25) is 0 Å². The number of fused-ring (bicyclic) bond motifs is 1. The molecular weight excluding hydrogens is 346 g/mol. The fraction of sp³-hybridized carbons (Fsp3) is 0.500. The first-order valence-corrected chi connectivity index (χ1v) is 8.29. The molecule has 22 heavy (non-hydrogen) atoms. The summed E-state index contributed by atoms with van der Waals surface area (Å²) in [7, 11) is 0. The van der Waals surface area contributed by atoms with Crippen LogP contribution in [0.4, 0.5) is 0 Å². The van der Waals surface area contributed by atoms with Crippen molar-refractivity contribution in [3.8, 4) is 0 Å². The molecule has 1 aliphatic rings. The van der Waals surface area contributed by atoms with Crippen molar-refractivity contribution in [1.82, 2.24) is 10.6 Å². The summed E-state index contributed by atoms with van der Waals surface area (Å²) in [5, 5.41) is 5.56. The van der Waals surface area contributed by atoms with Crippen molar-refractivity contribution in [2.75, 3.05) is 6.54 Å². The van der Waals surface area contributed by atoms with Gasteiger partial charge in [-0.15, -0.1) is 0 Å². The number of halogens is 1. The lowest BCUT2D eigenvalue weighted by Crippen LogP contribution is -2.47. The van der Waals surface area contributed by atoms with E-state index in [1.807, 2.05) is 32.0 Å². The van der Waals surface area contributed by atoms with E-state index in [0.717, 1.165) is 22.9 Å². The first-order chi connectivity index (χ1) is 10.4. The van der Waals surface area contributed by atoms with Crippen molar-refractivity contribution in [1.29, 1.82) is 0 Å². The lowest BCUT2D eigenvalue weighted by atomic mass is 10.1. The zero-order valence-electron chi connectivity index (χ0n) is 12.9. The van der Waals surface area contributed by atoms with E-state index < -0.39 is 6.04 Å². The van der Waals surface area contributed by atoms with Gasteiger partial charge in [-0.25, -0.2) is 0 Å². The Morgan fingerprint density at radius 2 is 2.14 bits per heavy atom. The van der Waals surface area contributed by atoms with Gasteiger partial charge >= 0.3 is 0 Å². The number of nitrogens with two attached hydrogens (primary N) is 1. The second-order valence-corrected chi connectivity index (χ2v) is 6.81. The summed E-state index contributed by atoms with van der Waals surface area (Å²) in [5.74, 6) is -0.441. The van der Waals surface area contributed by atoms with Gasteiger partial charge in [0.2, 0.25) is 11.8 Å². The Kier molecular flexibility index (Phi) is 5.58. The molecule has 1 unspecified atom stereocenters. The highest BCUT2D eigenvalue weighted by molar-refractivity contribution is 9.10. The average molecular weight is 368 g/mol. The van der Waals surface area contributed by atoms with Crippen LogP contribution in [0.15, 0.2) is 22.7 Å². The van der Waals surface area contributed by atoms with E-state index in [4.69, 9.17) is 5.73 Å². The average Bonchev–Trinajstić information content (AvgIpc) is 2.88. The topological polar surface area (TPSA) is 84.2 Å². The van der Waals surface area contributed by atoms with Crippen molar-refractivity contribution in [3.63, 3.8) is 0 Å². The Bertz CT molecular complexity index is 575. The molecule has 4 N–H and O–H groups in total. The van der Waals surface area contributed by atoms with Gasteiger partial charge in [-0.3, -0.25) is 9.59 Å². The Labute approximate surface area is 139 Å². The van der Waals surface area contributed by atoms with Gasteiger partial charge in [0.25, 0.3) is 0 Å². The number of benzene rings is 1. The first-order valence-electron chi connectivity index (χ1n) is 7.50. The summed E-state index contributed by atoms with van der Waals surface area (Å²) in [4.78, 5) is 23.8. The van der Waals surface area contributed by atoms with Crippen LogP contribution in [0.5, 0.6) is 0 Å². The van der Waals surface area contributed by atoms with E-state index in [-0.39, 0.29) is 30.3 Å². The lowest BCUT2D eigenvalue weighted by molar-refractivity contribution is -0.127. The number of rotatable bonds is 5. The minimum absolute atomic E-state index is 0.00988. The monoisotopic (exact) mass is 367 g/mol. The van der Waals surface area contributed by atoms with Gasteiger partial charge in [-0.1, -0.05) is 41.9 Å². The Morgan fingerprint density at radius 1 is 1.41 bits per heavy atom. The van der Waals surface area contributed by atoms with Gasteiger partial charge in [0.05, 0.1) is 18.6 Å². The second kappa shape index (κ2) is 7.24. The van der Waals surface area contributed by atoms with Crippen LogP contribution in [0.3, 0.4) is 0 Å². The molecule has 0 bridgehead atoms. The largest absolute Gasteiger partial charge is 0.348 e. The Balaban J connectivity index is 1.87. The molecule has 2 amide bonds. The third-order valence-corrected chi connectivity index (χ3v) is 4.74. The Hall–Kier alpha value is -1.40. The predicted molar refractivity (Wildman–Crippen MR) is 89.2 cm³/mol. The number of carbonyl (C=O) groups is 2. The fourth-order valence-corrected chi connectivity index (χ4v) is 3.17. The van der Waals surface area contributed by atoms with Crippen LogP contribution < -0.4 is 16.4 Å². The molecule has 0 heterocycles. The van der Waals surface area contributed by atoms with E-state index in [1.165, 1.54) is 5.56 Å². The standard InChI is InChI=1S/C16H22BrN3O2/c1-9(2)15(18)16(22)19-8-14(21)20-13-7-6-10-11(13)4-3-5-12(10)17/h3-5,9,13,15H,6-8,18H2,1-2H3,(H,19,22)(H,20,21)/t13?,15-/m0/s1. The number of carbonyl (C=O) groups excluding carboxylic acids is 2. The highest BCUT2D eigenvalue weighted by Crippen LogP contribution is 2.35. The van der Waals surface area contributed by atoms with Crippen molar-refractivity contribution < 1.29 is 9.59 Å². The summed E-state index contributed by atoms with van der Waals surface area (Å²) in [5.41, 5.74) is 8.14. The predicted octanol–water partition coefficient (Wildman–Crippen LogP) is 1.65. The molecule has 0 saturated heterocycles. The van der Waals surface area contributed by atoms with Gasteiger partial charge in [-0.2, -0.15) is 0 Å². The van der Waals surface area contributed by atoms with E-state index >= 15 is 0 Å². The summed E-state index contributed by atoms with van der Waals surface area (Å²) in [6.07, 6.45) is 1.81. The van der Waals surface area contributed by atoms with Crippen molar-refractivity contribution in [2.45, 2.75) is 38.8 Å². The maximum absolute atomic E-state index is 12.0.